The molecule has 0 unspecified atom stereocenters. The fourth-order valence-electron chi connectivity index (χ4n) is 2.54. The molecule has 1 N–H and O–H groups in total. The quantitative estimate of drug-likeness (QED) is 0.734. The van der Waals surface area contributed by atoms with Crippen LogP contribution < -0.4 is 9.47 Å². The lowest BCUT2D eigenvalue weighted by molar-refractivity contribution is 0.104. The molecule has 2 aromatic carbocycles. The SMILES string of the molecule is C#CCOc1ccc(C(C)(C)c2ccc(OC[C@H](O)CC)cc2)cc1. The average molecular weight is 338 g/mol. The molecule has 0 fully saturated rings. The summed E-state index contributed by atoms with van der Waals surface area (Å²) in [4.78, 5) is 0. The van der Waals surface area contributed by atoms with Gasteiger partial charge in [0.2, 0.25) is 0 Å². The van der Waals surface area contributed by atoms with Crippen molar-refractivity contribution in [1.29, 1.82) is 0 Å². The van der Waals surface area contributed by atoms with Crippen molar-refractivity contribution >= 4 is 0 Å². The Balaban J connectivity index is 2.09. The second-order valence-corrected chi connectivity index (χ2v) is 6.54. The maximum Gasteiger partial charge on any atom is 0.148 e. The zero-order chi connectivity index (χ0) is 18.3. The lowest BCUT2D eigenvalue weighted by Gasteiger charge is -2.26. The van der Waals surface area contributed by atoms with Crippen molar-refractivity contribution in [2.75, 3.05) is 13.2 Å². The van der Waals surface area contributed by atoms with Gasteiger partial charge in [-0.3, -0.25) is 0 Å². The van der Waals surface area contributed by atoms with E-state index in [0.717, 1.165) is 11.5 Å². The van der Waals surface area contributed by atoms with Crippen molar-refractivity contribution in [2.24, 2.45) is 0 Å². The van der Waals surface area contributed by atoms with Crippen molar-refractivity contribution in [1.82, 2.24) is 0 Å². The highest BCUT2D eigenvalue weighted by Crippen LogP contribution is 2.33. The maximum absolute atomic E-state index is 9.58. The third-order valence-corrected chi connectivity index (χ3v) is 4.39. The Morgan fingerprint density at radius 2 is 1.44 bits per heavy atom. The smallest absolute Gasteiger partial charge is 0.148 e. The van der Waals surface area contributed by atoms with E-state index in [1.807, 2.05) is 31.2 Å². The number of aliphatic hydroxyl groups excluding tert-OH is 1. The first-order valence-electron chi connectivity index (χ1n) is 8.55. The van der Waals surface area contributed by atoms with Gasteiger partial charge >= 0.3 is 0 Å². The van der Waals surface area contributed by atoms with Crippen LogP contribution in [0.15, 0.2) is 48.5 Å². The van der Waals surface area contributed by atoms with Gasteiger partial charge in [-0.1, -0.05) is 51.0 Å². The fraction of sp³-hybridized carbons (Fsp3) is 0.364. The first-order valence-corrected chi connectivity index (χ1v) is 8.55. The van der Waals surface area contributed by atoms with Crippen molar-refractivity contribution in [3.05, 3.63) is 59.7 Å². The zero-order valence-corrected chi connectivity index (χ0v) is 15.2. The van der Waals surface area contributed by atoms with Gasteiger partial charge < -0.3 is 14.6 Å². The van der Waals surface area contributed by atoms with Crippen LogP contribution in [-0.2, 0) is 5.41 Å². The Morgan fingerprint density at radius 3 is 1.88 bits per heavy atom. The predicted molar refractivity (Wildman–Crippen MR) is 101 cm³/mol. The number of terminal acetylenes is 1. The molecular weight excluding hydrogens is 312 g/mol. The zero-order valence-electron chi connectivity index (χ0n) is 15.2. The van der Waals surface area contributed by atoms with Gasteiger partial charge in [-0.05, 0) is 41.8 Å². The summed E-state index contributed by atoms with van der Waals surface area (Å²) in [5.41, 5.74) is 2.23. The number of ether oxygens (including phenoxy) is 2. The first kappa shape index (κ1) is 18.9. The van der Waals surface area contributed by atoms with Gasteiger partial charge in [0, 0.05) is 5.41 Å². The monoisotopic (exact) mass is 338 g/mol. The Kier molecular flexibility index (Phi) is 6.50. The van der Waals surface area contributed by atoms with Crippen molar-refractivity contribution in [3.63, 3.8) is 0 Å². The number of aliphatic hydroxyl groups is 1. The largest absolute Gasteiger partial charge is 0.491 e. The van der Waals surface area contributed by atoms with Gasteiger partial charge in [0.25, 0.3) is 0 Å². The summed E-state index contributed by atoms with van der Waals surface area (Å²) in [5, 5.41) is 9.58. The minimum Gasteiger partial charge on any atom is -0.491 e. The van der Waals surface area contributed by atoms with Gasteiger partial charge in [-0.15, -0.1) is 6.42 Å². The van der Waals surface area contributed by atoms with E-state index in [1.165, 1.54) is 11.1 Å². The summed E-state index contributed by atoms with van der Waals surface area (Å²) in [6.07, 6.45) is 5.47. The normalized spacial score (nSPS) is 12.3. The van der Waals surface area contributed by atoms with E-state index in [-0.39, 0.29) is 12.0 Å². The van der Waals surface area contributed by atoms with E-state index >= 15 is 0 Å². The van der Waals surface area contributed by atoms with Gasteiger partial charge in [-0.25, -0.2) is 0 Å². The highest BCUT2D eigenvalue weighted by Gasteiger charge is 2.23. The minimum atomic E-state index is -0.425. The molecule has 2 aromatic rings. The standard InChI is InChI=1S/C22H26O3/c1-5-15-24-20-11-7-17(8-12-20)22(3,4)18-9-13-21(14-10-18)25-16-19(23)6-2/h1,7-14,19,23H,6,15-16H2,2-4H3/t19-/m1/s1. The van der Waals surface area contributed by atoms with Gasteiger partial charge in [0.1, 0.15) is 24.7 Å². The molecule has 3 heteroatoms. The van der Waals surface area contributed by atoms with Crippen LogP contribution in [0.1, 0.15) is 38.3 Å². The van der Waals surface area contributed by atoms with Crippen molar-refractivity contribution in [3.8, 4) is 23.8 Å². The third-order valence-electron chi connectivity index (χ3n) is 4.39. The van der Waals surface area contributed by atoms with Crippen LogP contribution in [-0.4, -0.2) is 24.4 Å². The molecule has 1 atom stereocenters. The van der Waals surface area contributed by atoms with E-state index in [1.54, 1.807) is 0 Å². The van der Waals surface area contributed by atoms with Crippen LogP contribution in [0.25, 0.3) is 0 Å². The number of hydrogen-bond donors (Lipinski definition) is 1. The van der Waals surface area contributed by atoms with Gasteiger partial charge in [0.05, 0.1) is 6.10 Å². The van der Waals surface area contributed by atoms with Gasteiger partial charge in [0.15, 0.2) is 0 Å². The van der Waals surface area contributed by atoms with Crippen molar-refractivity contribution in [2.45, 2.75) is 38.7 Å². The van der Waals surface area contributed by atoms with E-state index in [2.05, 4.69) is 44.0 Å². The van der Waals surface area contributed by atoms with Crippen LogP contribution in [0, 0.1) is 12.3 Å². The Labute approximate surface area is 150 Å². The van der Waals surface area contributed by atoms with Crippen LogP contribution in [0.3, 0.4) is 0 Å². The molecule has 0 aliphatic rings. The minimum absolute atomic E-state index is 0.147. The Bertz CT molecular complexity index is 694. The molecule has 25 heavy (non-hydrogen) atoms. The second kappa shape index (κ2) is 8.60. The molecule has 3 nitrogen and oxygen atoms in total. The van der Waals surface area contributed by atoms with Crippen LogP contribution in [0.4, 0.5) is 0 Å². The molecule has 0 saturated heterocycles. The predicted octanol–water partition coefficient (Wildman–Crippen LogP) is 4.17. The van der Waals surface area contributed by atoms with Gasteiger partial charge in [-0.2, -0.15) is 0 Å². The highest BCUT2D eigenvalue weighted by atomic mass is 16.5. The molecule has 0 aromatic heterocycles. The summed E-state index contributed by atoms with van der Waals surface area (Å²) in [5.74, 6) is 4.01. The lowest BCUT2D eigenvalue weighted by atomic mass is 9.78. The number of hydrogen-bond acceptors (Lipinski definition) is 3. The summed E-state index contributed by atoms with van der Waals surface area (Å²) in [7, 11) is 0. The molecular formula is C22H26O3. The van der Waals surface area contributed by atoms with Crippen LogP contribution in [0.5, 0.6) is 11.5 Å². The molecule has 132 valence electrons. The molecule has 0 saturated carbocycles. The molecule has 0 bridgehead atoms. The van der Waals surface area contributed by atoms with E-state index in [4.69, 9.17) is 15.9 Å². The van der Waals surface area contributed by atoms with E-state index in [9.17, 15) is 5.11 Å². The Morgan fingerprint density at radius 1 is 0.960 bits per heavy atom. The van der Waals surface area contributed by atoms with Crippen molar-refractivity contribution < 1.29 is 14.6 Å². The molecule has 2 rings (SSSR count). The fourth-order valence-corrected chi connectivity index (χ4v) is 2.54. The highest BCUT2D eigenvalue weighted by molar-refractivity contribution is 5.41. The molecule has 0 aliphatic carbocycles. The molecule has 0 amide bonds. The maximum atomic E-state index is 9.58. The molecule has 0 aliphatic heterocycles. The van der Waals surface area contributed by atoms with Crippen LogP contribution >= 0.6 is 0 Å². The lowest BCUT2D eigenvalue weighted by Crippen LogP contribution is -2.19. The summed E-state index contributed by atoms with van der Waals surface area (Å²) < 4.78 is 11.0. The summed E-state index contributed by atoms with van der Waals surface area (Å²) in [6, 6.07) is 16.0. The first-order chi connectivity index (χ1) is 12.0. The second-order valence-electron chi connectivity index (χ2n) is 6.54. The third kappa shape index (κ3) is 5.01. The topological polar surface area (TPSA) is 38.7 Å². The molecule has 0 spiro atoms. The summed E-state index contributed by atoms with van der Waals surface area (Å²) in [6.45, 7) is 6.89. The van der Waals surface area contributed by atoms with E-state index in [0.29, 0.717) is 13.0 Å². The average Bonchev–Trinajstić information content (AvgIpc) is 2.65. The molecule has 0 heterocycles. The van der Waals surface area contributed by atoms with E-state index < -0.39 is 6.10 Å². The molecule has 0 radical (unpaired) electrons. The Hall–Kier alpha value is -2.44. The van der Waals surface area contributed by atoms with Crippen LogP contribution in [0.2, 0.25) is 0 Å². The number of rotatable bonds is 8. The summed E-state index contributed by atoms with van der Waals surface area (Å²) >= 11 is 0. The number of benzene rings is 2.